The third-order valence-electron chi connectivity index (χ3n) is 3.69. The fourth-order valence-corrected chi connectivity index (χ4v) is 2.53. The van der Waals surface area contributed by atoms with Gasteiger partial charge in [0.15, 0.2) is 0 Å². The molecule has 3 rings (SSSR count). The maximum atomic E-state index is 13.1. The highest BCUT2D eigenvalue weighted by atomic mass is 19.1. The predicted molar refractivity (Wildman–Crippen MR) is 82.1 cm³/mol. The maximum Gasteiger partial charge on any atom is 0.261 e. The molecule has 1 aromatic heterocycles. The van der Waals surface area contributed by atoms with E-state index in [1.807, 2.05) is 6.07 Å². The third-order valence-corrected chi connectivity index (χ3v) is 3.69. The Labute approximate surface area is 126 Å². The number of aromatic nitrogens is 2. The van der Waals surface area contributed by atoms with Gasteiger partial charge in [-0.25, -0.2) is 9.37 Å². The van der Waals surface area contributed by atoms with Crippen molar-refractivity contribution in [2.24, 2.45) is 0 Å². The molecule has 0 aliphatic rings. The normalized spacial score (nSPS) is 12.5. The highest BCUT2D eigenvalue weighted by Crippen LogP contribution is 2.20. The number of para-hydroxylation sites is 1. The molecule has 112 valence electrons. The molecule has 0 aliphatic carbocycles. The molecular formula is C17H15FN2O2. The van der Waals surface area contributed by atoms with Gasteiger partial charge in [-0.3, -0.25) is 9.36 Å². The number of fused-ring (bicyclic) bond motifs is 1. The van der Waals surface area contributed by atoms with Gasteiger partial charge in [0.1, 0.15) is 5.82 Å². The fraction of sp³-hybridized carbons (Fsp3) is 0.176. The number of nitrogens with zero attached hydrogens (tertiary/aromatic N) is 2. The van der Waals surface area contributed by atoms with E-state index in [1.54, 1.807) is 25.1 Å². The van der Waals surface area contributed by atoms with Crippen LogP contribution in [0.2, 0.25) is 0 Å². The zero-order valence-corrected chi connectivity index (χ0v) is 12.0. The summed E-state index contributed by atoms with van der Waals surface area (Å²) in [5.41, 5.74) is 1.66. The van der Waals surface area contributed by atoms with Crippen LogP contribution in [0.5, 0.6) is 0 Å². The molecule has 1 N–H and O–H groups in total. The van der Waals surface area contributed by atoms with Gasteiger partial charge in [0.2, 0.25) is 0 Å². The van der Waals surface area contributed by atoms with E-state index in [-0.39, 0.29) is 17.9 Å². The molecule has 0 saturated heterocycles. The van der Waals surface area contributed by atoms with Crippen LogP contribution < -0.4 is 5.56 Å². The van der Waals surface area contributed by atoms with Crippen LogP contribution in [0, 0.1) is 12.7 Å². The number of hydrogen-bond donors (Lipinski definition) is 1. The Bertz CT molecular complexity index is 889. The van der Waals surface area contributed by atoms with Crippen LogP contribution >= 0.6 is 0 Å². The van der Waals surface area contributed by atoms with Gasteiger partial charge >= 0.3 is 0 Å². The summed E-state index contributed by atoms with van der Waals surface area (Å²) in [6.07, 6.45) is 0.522. The summed E-state index contributed by atoms with van der Waals surface area (Å²) in [5.74, 6) is -0.349. The molecule has 1 heterocycles. The van der Waals surface area contributed by atoms with Gasteiger partial charge in [-0.15, -0.1) is 0 Å². The first-order valence-corrected chi connectivity index (χ1v) is 6.94. The van der Waals surface area contributed by atoms with E-state index in [0.29, 0.717) is 22.0 Å². The van der Waals surface area contributed by atoms with Crippen molar-refractivity contribution in [1.29, 1.82) is 0 Å². The van der Waals surface area contributed by atoms with Crippen LogP contribution in [-0.2, 0) is 6.54 Å². The van der Waals surface area contributed by atoms with Crippen molar-refractivity contribution in [2.45, 2.75) is 19.6 Å². The van der Waals surface area contributed by atoms with Gasteiger partial charge < -0.3 is 5.11 Å². The Morgan fingerprint density at radius 3 is 2.82 bits per heavy atom. The molecule has 0 spiro atoms. The molecule has 0 radical (unpaired) electrons. The second kappa shape index (κ2) is 5.69. The Balaban J connectivity index is 1.96. The van der Waals surface area contributed by atoms with Crippen LogP contribution in [0.4, 0.5) is 4.39 Å². The van der Waals surface area contributed by atoms with Crippen molar-refractivity contribution in [3.63, 3.8) is 0 Å². The molecule has 1 atom stereocenters. The summed E-state index contributed by atoms with van der Waals surface area (Å²) < 4.78 is 14.5. The van der Waals surface area contributed by atoms with Crippen LogP contribution in [-0.4, -0.2) is 14.7 Å². The van der Waals surface area contributed by atoms with Crippen LogP contribution in [0.15, 0.2) is 53.6 Å². The van der Waals surface area contributed by atoms with E-state index in [0.717, 1.165) is 0 Å². The van der Waals surface area contributed by atoms with Gasteiger partial charge in [0, 0.05) is 0 Å². The molecule has 0 fully saturated rings. The second-order valence-corrected chi connectivity index (χ2v) is 5.24. The van der Waals surface area contributed by atoms with E-state index >= 15 is 0 Å². The Kier molecular flexibility index (Phi) is 3.73. The number of aliphatic hydroxyl groups is 1. The van der Waals surface area contributed by atoms with Gasteiger partial charge in [0.25, 0.3) is 5.56 Å². The lowest BCUT2D eigenvalue weighted by Gasteiger charge is -2.15. The number of rotatable bonds is 3. The van der Waals surface area contributed by atoms with Crippen molar-refractivity contribution in [3.8, 4) is 0 Å². The zero-order chi connectivity index (χ0) is 15.7. The molecule has 1 unspecified atom stereocenters. The number of aliphatic hydroxyl groups excluding tert-OH is 1. The average molecular weight is 298 g/mol. The Morgan fingerprint density at radius 1 is 1.27 bits per heavy atom. The summed E-state index contributed by atoms with van der Waals surface area (Å²) >= 11 is 0. The van der Waals surface area contributed by atoms with Crippen molar-refractivity contribution in [3.05, 3.63) is 76.1 Å². The minimum Gasteiger partial charge on any atom is -0.387 e. The minimum atomic E-state index is -0.902. The zero-order valence-electron chi connectivity index (χ0n) is 12.0. The van der Waals surface area contributed by atoms with Crippen LogP contribution in [0.1, 0.15) is 17.2 Å². The van der Waals surface area contributed by atoms with Crippen molar-refractivity contribution >= 4 is 10.9 Å². The van der Waals surface area contributed by atoms with Crippen LogP contribution in [0.3, 0.4) is 0 Å². The molecule has 22 heavy (non-hydrogen) atoms. The molecule has 3 aromatic rings. The van der Waals surface area contributed by atoms with Crippen molar-refractivity contribution in [2.75, 3.05) is 0 Å². The molecule has 2 aromatic carbocycles. The van der Waals surface area contributed by atoms with E-state index < -0.39 is 6.10 Å². The SMILES string of the molecule is Cc1cc(F)ccc1C(O)Cn1cnc2ccccc2c1=O. The smallest absolute Gasteiger partial charge is 0.261 e. The van der Waals surface area contributed by atoms with Gasteiger partial charge in [0.05, 0.1) is 29.9 Å². The second-order valence-electron chi connectivity index (χ2n) is 5.24. The first-order valence-electron chi connectivity index (χ1n) is 6.94. The summed E-state index contributed by atoms with van der Waals surface area (Å²) in [5, 5.41) is 10.8. The predicted octanol–water partition coefficient (Wildman–Crippen LogP) is 2.58. The van der Waals surface area contributed by atoms with E-state index in [2.05, 4.69) is 4.98 Å². The summed E-state index contributed by atoms with van der Waals surface area (Å²) in [6, 6.07) is 11.3. The number of hydrogen-bond acceptors (Lipinski definition) is 3. The number of halogens is 1. The summed E-state index contributed by atoms with van der Waals surface area (Å²) in [6.45, 7) is 1.80. The molecule has 0 saturated carbocycles. The molecule has 0 bridgehead atoms. The van der Waals surface area contributed by atoms with Crippen LogP contribution in [0.25, 0.3) is 10.9 Å². The highest BCUT2D eigenvalue weighted by molar-refractivity contribution is 5.76. The standard InChI is InChI=1S/C17H15FN2O2/c1-11-8-12(18)6-7-13(11)16(21)9-20-10-19-15-5-3-2-4-14(15)17(20)22/h2-8,10,16,21H,9H2,1H3. The highest BCUT2D eigenvalue weighted by Gasteiger charge is 2.13. The van der Waals surface area contributed by atoms with Gasteiger partial charge in [-0.05, 0) is 42.3 Å². The quantitative estimate of drug-likeness (QED) is 0.808. The fourth-order valence-electron chi connectivity index (χ4n) is 2.53. The maximum absolute atomic E-state index is 13.1. The van der Waals surface area contributed by atoms with E-state index in [4.69, 9.17) is 0 Å². The number of aryl methyl sites for hydroxylation is 1. The van der Waals surface area contributed by atoms with E-state index in [9.17, 15) is 14.3 Å². The lowest BCUT2D eigenvalue weighted by atomic mass is 10.0. The monoisotopic (exact) mass is 298 g/mol. The molecular weight excluding hydrogens is 283 g/mol. The summed E-state index contributed by atoms with van der Waals surface area (Å²) in [4.78, 5) is 16.6. The first kappa shape index (κ1) is 14.4. The molecule has 4 nitrogen and oxygen atoms in total. The molecule has 0 amide bonds. The third kappa shape index (κ3) is 2.63. The van der Waals surface area contributed by atoms with Crippen molar-refractivity contribution in [1.82, 2.24) is 9.55 Å². The van der Waals surface area contributed by atoms with Gasteiger partial charge in [-0.2, -0.15) is 0 Å². The average Bonchev–Trinajstić information content (AvgIpc) is 2.50. The lowest BCUT2D eigenvalue weighted by molar-refractivity contribution is 0.154. The Hall–Kier alpha value is -2.53. The molecule has 0 aliphatic heterocycles. The minimum absolute atomic E-state index is 0.0726. The summed E-state index contributed by atoms with van der Waals surface area (Å²) in [7, 11) is 0. The topological polar surface area (TPSA) is 55.1 Å². The van der Waals surface area contributed by atoms with Gasteiger partial charge in [-0.1, -0.05) is 18.2 Å². The number of benzene rings is 2. The first-order chi connectivity index (χ1) is 10.6. The van der Waals surface area contributed by atoms with E-state index in [1.165, 1.54) is 29.1 Å². The lowest BCUT2D eigenvalue weighted by Crippen LogP contribution is -2.24. The van der Waals surface area contributed by atoms with Crippen molar-refractivity contribution < 1.29 is 9.50 Å². The molecule has 5 heteroatoms. The Morgan fingerprint density at radius 2 is 2.05 bits per heavy atom. The largest absolute Gasteiger partial charge is 0.387 e.